The molecule has 2 aromatic rings. The van der Waals surface area contributed by atoms with Crippen LogP contribution in [0.15, 0.2) is 53.7 Å². The number of benzene rings is 1. The van der Waals surface area contributed by atoms with Crippen LogP contribution in [0.3, 0.4) is 0 Å². The van der Waals surface area contributed by atoms with E-state index < -0.39 is 0 Å². The highest BCUT2D eigenvalue weighted by atomic mass is 127. The molecule has 0 radical (unpaired) electrons. The van der Waals surface area contributed by atoms with Gasteiger partial charge in [-0.25, -0.2) is 9.98 Å². The van der Waals surface area contributed by atoms with Gasteiger partial charge in [-0.05, 0) is 31.5 Å². The summed E-state index contributed by atoms with van der Waals surface area (Å²) in [5.41, 5.74) is 0.953. The zero-order valence-corrected chi connectivity index (χ0v) is 17.6. The molecule has 0 unspecified atom stereocenters. The summed E-state index contributed by atoms with van der Waals surface area (Å²) in [7, 11) is 1.62. The van der Waals surface area contributed by atoms with Gasteiger partial charge in [0.2, 0.25) is 5.88 Å². The molecule has 142 valence electrons. The van der Waals surface area contributed by atoms with Crippen molar-refractivity contribution in [1.82, 2.24) is 15.6 Å². The van der Waals surface area contributed by atoms with Gasteiger partial charge in [0.1, 0.15) is 5.75 Å². The van der Waals surface area contributed by atoms with Gasteiger partial charge in [0.15, 0.2) is 5.96 Å². The molecule has 2 rings (SSSR count). The molecular weight excluding hydrogens is 443 g/mol. The van der Waals surface area contributed by atoms with Gasteiger partial charge in [0.05, 0.1) is 20.3 Å². The van der Waals surface area contributed by atoms with E-state index in [-0.39, 0.29) is 24.0 Å². The topological polar surface area (TPSA) is 67.8 Å². The number of hydrogen-bond acceptors (Lipinski definition) is 4. The number of pyridine rings is 1. The molecule has 0 aliphatic rings. The molecule has 0 aliphatic heterocycles. The van der Waals surface area contributed by atoms with E-state index in [1.165, 1.54) is 0 Å². The van der Waals surface area contributed by atoms with Crippen LogP contribution < -0.4 is 20.1 Å². The molecule has 0 aliphatic carbocycles. The Labute approximate surface area is 172 Å². The third-order valence-electron chi connectivity index (χ3n) is 3.42. The Kier molecular flexibility index (Phi) is 11.2. The highest BCUT2D eigenvalue weighted by Gasteiger charge is 2.03. The summed E-state index contributed by atoms with van der Waals surface area (Å²) in [4.78, 5) is 8.77. The molecule has 26 heavy (non-hydrogen) atoms. The number of guanidine groups is 1. The average molecular weight is 470 g/mol. The maximum absolute atomic E-state index is 5.68. The zero-order chi connectivity index (χ0) is 17.7. The van der Waals surface area contributed by atoms with Gasteiger partial charge in [-0.15, -0.1) is 24.0 Å². The maximum Gasteiger partial charge on any atom is 0.218 e. The summed E-state index contributed by atoms with van der Waals surface area (Å²) in [5.74, 6) is 2.28. The number of para-hydroxylation sites is 1. The van der Waals surface area contributed by atoms with Crippen molar-refractivity contribution >= 4 is 29.9 Å². The third-order valence-corrected chi connectivity index (χ3v) is 3.42. The minimum Gasteiger partial charge on any atom is -0.494 e. The monoisotopic (exact) mass is 470 g/mol. The van der Waals surface area contributed by atoms with Crippen molar-refractivity contribution in [3.8, 4) is 11.6 Å². The molecule has 1 aromatic carbocycles. The van der Waals surface area contributed by atoms with Crippen LogP contribution in [-0.4, -0.2) is 37.7 Å². The number of nitrogens with one attached hydrogen (secondary N) is 2. The average Bonchev–Trinajstić information content (AvgIpc) is 2.66. The Hall–Kier alpha value is -2.03. The predicted octanol–water partition coefficient (Wildman–Crippen LogP) is 3.23. The zero-order valence-electron chi connectivity index (χ0n) is 15.3. The van der Waals surface area contributed by atoms with Gasteiger partial charge in [-0.3, -0.25) is 0 Å². The number of nitrogens with zero attached hydrogens (tertiary/aromatic N) is 2. The Bertz CT molecular complexity index is 653. The third kappa shape index (κ3) is 7.90. The van der Waals surface area contributed by atoms with Gasteiger partial charge >= 0.3 is 0 Å². The summed E-state index contributed by atoms with van der Waals surface area (Å²) in [6, 6.07) is 13.7. The van der Waals surface area contributed by atoms with Crippen molar-refractivity contribution in [2.45, 2.75) is 19.9 Å². The fraction of sp³-hybridized carbons (Fsp3) is 0.368. The van der Waals surface area contributed by atoms with Crippen LogP contribution in [0.5, 0.6) is 11.6 Å². The molecule has 0 saturated heterocycles. The first-order valence-corrected chi connectivity index (χ1v) is 8.51. The fourth-order valence-electron chi connectivity index (χ4n) is 2.22. The number of aliphatic imine (C=N–C) groups is 1. The molecule has 0 amide bonds. The van der Waals surface area contributed by atoms with Gasteiger partial charge < -0.3 is 20.1 Å². The molecular formula is C19H27IN4O2. The van der Waals surface area contributed by atoms with Gasteiger partial charge in [0.25, 0.3) is 0 Å². The summed E-state index contributed by atoms with van der Waals surface area (Å²) in [6.07, 6.45) is 2.60. The van der Waals surface area contributed by atoms with Crippen molar-refractivity contribution in [1.29, 1.82) is 0 Å². The smallest absolute Gasteiger partial charge is 0.218 e. The van der Waals surface area contributed by atoms with E-state index in [9.17, 15) is 0 Å². The van der Waals surface area contributed by atoms with Crippen LogP contribution in [0, 0.1) is 0 Å². The number of methoxy groups -OCH3 is 1. The molecule has 6 nitrogen and oxygen atoms in total. The molecule has 0 atom stereocenters. The van der Waals surface area contributed by atoms with Gasteiger partial charge in [0, 0.05) is 24.8 Å². The Morgan fingerprint density at radius 2 is 1.92 bits per heavy atom. The van der Waals surface area contributed by atoms with E-state index >= 15 is 0 Å². The Balaban J connectivity index is 0.00000338. The molecule has 1 aromatic heterocycles. The molecule has 7 heteroatoms. The fourth-order valence-corrected chi connectivity index (χ4v) is 2.22. The van der Waals surface area contributed by atoms with Crippen LogP contribution in [0.1, 0.15) is 18.9 Å². The first kappa shape index (κ1) is 22.0. The van der Waals surface area contributed by atoms with Crippen LogP contribution in [0.4, 0.5) is 0 Å². The molecule has 2 N–H and O–H groups in total. The van der Waals surface area contributed by atoms with E-state index in [2.05, 4.69) is 20.6 Å². The van der Waals surface area contributed by atoms with Crippen molar-refractivity contribution in [3.05, 3.63) is 54.2 Å². The highest BCUT2D eigenvalue weighted by Crippen LogP contribution is 2.14. The summed E-state index contributed by atoms with van der Waals surface area (Å²) in [6.45, 7) is 4.79. The normalized spacial score (nSPS) is 10.6. The largest absolute Gasteiger partial charge is 0.494 e. The van der Waals surface area contributed by atoms with E-state index in [0.717, 1.165) is 36.8 Å². The molecule has 0 spiro atoms. The van der Waals surface area contributed by atoms with Crippen LogP contribution in [0.25, 0.3) is 0 Å². The number of rotatable bonds is 9. The first-order valence-electron chi connectivity index (χ1n) is 8.51. The first-order chi connectivity index (χ1) is 12.3. The molecule has 0 fully saturated rings. The van der Waals surface area contributed by atoms with Crippen molar-refractivity contribution in [3.63, 3.8) is 0 Å². The second-order valence-electron chi connectivity index (χ2n) is 5.31. The van der Waals surface area contributed by atoms with Crippen LogP contribution in [0.2, 0.25) is 0 Å². The maximum atomic E-state index is 5.68. The SMILES string of the molecule is CCNC(=NCc1cccnc1OC)NCCCOc1ccccc1.I. The Morgan fingerprint density at radius 3 is 2.65 bits per heavy atom. The van der Waals surface area contributed by atoms with E-state index in [1.807, 2.05) is 49.4 Å². The lowest BCUT2D eigenvalue weighted by atomic mass is 10.3. The van der Waals surface area contributed by atoms with E-state index in [1.54, 1.807) is 13.3 Å². The lowest BCUT2D eigenvalue weighted by Gasteiger charge is -2.12. The number of halogens is 1. The minimum atomic E-state index is 0. The summed E-state index contributed by atoms with van der Waals surface area (Å²) < 4.78 is 10.9. The van der Waals surface area contributed by atoms with Gasteiger partial charge in [-0.1, -0.05) is 24.3 Å². The molecule has 0 bridgehead atoms. The number of hydrogen-bond donors (Lipinski definition) is 2. The second-order valence-corrected chi connectivity index (χ2v) is 5.31. The molecule has 0 saturated carbocycles. The minimum absolute atomic E-state index is 0. The number of aromatic nitrogens is 1. The van der Waals surface area contributed by atoms with Crippen molar-refractivity contribution in [2.24, 2.45) is 4.99 Å². The second kappa shape index (κ2) is 13.2. The highest BCUT2D eigenvalue weighted by molar-refractivity contribution is 14.0. The van der Waals surface area contributed by atoms with Crippen LogP contribution in [-0.2, 0) is 6.54 Å². The van der Waals surface area contributed by atoms with E-state index in [0.29, 0.717) is 19.0 Å². The molecule has 1 heterocycles. The van der Waals surface area contributed by atoms with Crippen molar-refractivity contribution < 1.29 is 9.47 Å². The lowest BCUT2D eigenvalue weighted by molar-refractivity contribution is 0.311. The van der Waals surface area contributed by atoms with Crippen molar-refractivity contribution in [2.75, 3.05) is 26.8 Å². The number of ether oxygens (including phenoxy) is 2. The predicted molar refractivity (Wildman–Crippen MR) is 116 cm³/mol. The summed E-state index contributed by atoms with van der Waals surface area (Å²) in [5, 5.41) is 6.55. The standard InChI is InChI=1S/C19H26N4O2.HI/c1-3-20-19(23-15-16-9-7-12-21-18(16)24-2)22-13-8-14-25-17-10-5-4-6-11-17;/h4-7,9-12H,3,8,13-15H2,1-2H3,(H2,20,22,23);1H. The quantitative estimate of drug-likeness (QED) is 0.255. The van der Waals surface area contributed by atoms with E-state index in [4.69, 9.17) is 9.47 Å². The van der Waals surface area contributed by atoms with Gasteiger partial charge in [-0.2, -0.15) is 0 Å². The lowest BCUT2D eigenvalue weighted by Crippen LogP contribution is -2.38. The Morgan fingerprint density at radius 1 is 1.12 bits per heavy atom. The summed E-state index contributed by atoms with van der Waals surface area (Å²) >= 11 is 0. The van der Waals surface area contributed by atoms with Crippen LogP contribution >= 0.6 is 24.0 Å².